The number of allylic oxidation sites excluding steroid dienone is 14. The summed E-state index contributed by atoms with van der Waals surface area (Å²) < 4.78 is 28.5. The molecule has 1 heterocycles. The molecular weight excluding hydrogens is 997 g/mol. The van der Waals surface area contributed by atoms with Crippen LogP contribution in [-0.2, 0) is 42.9 Å². The Morgan fingerprint density at radius 2 is 0.797 bits per heavy atom. The number of ether oxygens (including phenoxy) is 5. The molecule has 0 aromatic carbocycles. The molecule has 0 bridgehead atoms. The Balaban J connectivity index is 2.67. The molecule has 0 amide bonds. The molecule has 0 aromatic rings. The van der Waals surface area contributed by atoms with E-state index in [1.807, 2.05) is 0 Å². The Morgan fingerprint density at radius 1 is 0.430 bits per heavy atom. The Kier molecular flexibility index (Phi) is 50.3. The summed E-state index contributed by atoms with van der Waals surface area (Å²) in [5.41, 5.74) is 0. The first-order chi connectivity index (χ1) is 38.6. The highest BCUT2D eigenvalue weighted by Crippen LogP contribution is 2.26. The Morgan fingerprint density at radius 3 is 1.23 bits per heavy atom. The minimum Gasteiger partial charge on any atom is -0.479 e. The molecule has 0 spiro atoms. The molecule has 0 radical (unpaired) electrons. The average Bonchev–Trinajstić information content (AvgIpc) is 3.46. The number of carboxylic acid groups (broad SMARTS) is 1. The van der Waals surface area contributed by atoms with E-state index in [0.717, 1.165) is 122 Å². The lowest BCUT2D eigenvalue weighted by atomic mass is 9.98. The first-order valence-corrected chi connectivity index (χ1v) is 31.6. The number of rotatable bonds is 53. The molecule has 79 heavy (non-hydrogen) atoms. The maximum Gasteiger partial charge on any atom is 0.335 e. The summed E-state index contributed by atoms with van der Waals surface area (Å²) >= 11 is 0. The maximum atomic E-state index is 13.1. The van der Waals surface area contributed by atoms with E-state index in [0.29, 0.717) is 19.3 Å². The van der Waals surface area contributed by atoms with Crippen molar-refractivity contribution >= 4 is 23.9 Å². The second-order valence-electron chi connectivity index (χ2n) is 21.3. The van der Waals surface area contributed by atoms with Crippen molar-refractivity contribution in [2.75, 3.05) is 13.2 Å². The highest BCUT2D eigenvalue weighted by Gasteiger charge is 2.50. The molecule has 1 aliphatic rings. The molecular formula is C67H112O12. The van der Waals surface area contributed by atoms with Crippen LogP contribution in [0.15, 0.2) is 85.1 Å². The Hall–Kier alpha value is -4.10. The van der Waals surface area contributed by atoms with Crippen molar-refractivity contribution in [3.63, 3.8) is 0 Å². The highest BCUT2D eigenvalue weighted by molar-refractivity contribution is 5.74. The summed E-state index contributed by atoms with van der Waals surface area (Å²) in [6.07, 6.45) is 58.3. The van der Waals surface area contributed by atoms with Crippen molar-refractivity contribution in [2.45, 2.75) is 302 Å². The zero-order valence-corrected chi connectivity index (χ0v) is 49.8. The zero-order chi connectivity index (χ0) is 57.5. The number of aliphatic hydroxyl groups is 2. The fourth-order valence-corrected chi connectivity index (χ4v) is 9.20. The van der Waals surface area contributed by atoms with E-state index in [4.69, 9.17) is 23.7 Å². The van der Waals surface area contributed by atoms with Gasteiger partial charge in [0.15, 0.2) is 24.6 Å². The summed E-state index contributed by atoms with van der Waals surface area (Å²) in [6, 6.07) is 0. The van der Waals surface area contributed by atoms with Crippen LogP contribution in [0.3, 0.4) is 0 Å². The van der Waals surface area contributed by atoms with E-state index in [2.05, 4.69) is 106 Å². The third kappa shape index (κ3) is 44.3. The predicted octanol–water partition coefficient (Wildman–Crippen LogP) is 16.7. The molecule has 0 aromatic heterocycles. The monoisotopic (exact) mass is 1110 g/mol. The zero-order valence-electron chi connectivity index (χ0n) is 49.8. The van der Waals surface area contributed by atoms with Crippen LogP contribution in [0.5, 0.6) is 0 Å². The molecule has 1 fully saturated rings. The molecule has 3 N–H and O–H groups in total. The Bertz CT molecular complexity index is 1700. The van der Waals surface area contributed by atoms with Gasteiger partial charge in [-0.1, -0.05) is 241 Å². The fraction of sp³-hybridized carbons (Fsp3) is 0.731. The van der Waals surface area contributed by atoms with E-state index in [9.17, 15) is 34.5 Å². The number of unbranched alkanes of at least 4 members (excludes halogenated alkanes) is 25. The highest BCUT2D eigenvalue weighted by atomic mass is 16.7. The number of aliphatic carboxylic acids is 1. The van der Waals surface area contributed by atoms with Crippen LogP contribution >= 0.6 is 0 Å². The summed E-state index contributed by atoms with van der Waals surface area (Å²) in [5.74, 6) is -3.17. The van der Waals surface area contributed by atoms with Crippen molar-refractivity contribution in [2.24, 2.45) is 0 Å². The summed E-state index contributed by atoms with van der Waals surface area (Å²) in [4.78, 5) is 51.2. The molecule has 6 atom stereocenters. The van der Waals surface area contributed by atoms with Gasteiger partial charge in [0, 0.05) is 19.3 Å². The number of carboxylic acids is 1. The molecule has 1 saturated heterocycles. The lowest BCUT2D eigenvalue weighted by Gasteiger charge is -2.40. The van der Waals surface area contributed by atoms with E-state index >= 15 is 0 Å². The van der Waals surface area contributed by atoms with Gasteiger partial charge in [-0.2, -0.15) is 0 Å². The van der Waals surface area contributed by atoms with E-state index in [-0.39, 0.29) is 25.9 Å². The summed E-state index contributed by atoms with van der Waals surface area (Å²) in [7, 11) is 0. The number of hydrogen-bond acceptors (Lipinski definition) is 11. The van der Waals surface area contributed by atoms with Crippen molar-refractivity contribution in [1.29, 1.82) is 0 Å². The largest absolute Gasteiger partial charge is 0.479 e. The third-order valence-corrected chi connectivity index (χ3v) is 14.0. The number of carbonyl (C=O) groups excluding carboxylic acids is 3. The SMILES string of the molecule is CC/C=C\C/C=C\C/C=C\C/C=C\CCCCCCCCC(=O)OC1C(OCC(COC(=O)CCCCCCCCCCCCCCCCCCC)OC(=O)CCCCC/C=C\C/C=C\C/C=C\CC)OC(C(=O)O)C(O)C1O. The van der Waals surface area contributed by atoms with Crippen molar-refractivity contribution in [1.82, 2.24) is 0 Å². The second-order valence-corrected chi connectivity index (χ2v) is 21.3. The quantitative estimate of drug-likeness (QED) is 0.0228. The van der Waals surface area contributed by atoms with Gasteiger partial charge in [0.2, 0.25) is 0 Å². The van der Waals surface area contributed by atoms with Gasteiger partial charge >= 0.3 is 23.9 Å². The van der Waals surface area contributed by atoms with Crippen molar-refractivity contribution < 1.29 is 58.2 Å². The molecule has 452 valence electrons. The minimum absolute atomic E-state index is 0.0385. The van der Waals surface area contributed by atoms with Crippen LogP contribution < -0.4 is 0 Å². The van der Waals surface area contributed by atoms with Gasteiger partial charge in [-0.25, -0.2) is 4.79 Å². The van der Waals surface area contributed by atoms with Crippen molar-refractivity contribution in [3.8, 4) is 0 Å². The lowest BCUT2D eigenvalue weighted by Crippen LogP contribution is -2.61. The summed E-state index contributed by atoms with van der Waals surface area (Å²) in [6.45, 7) is 5.76. The second kappa shape index (κ2) is 54.5. The number of esters is 3. The van der Waals surface area contributed by atoms with Crippen molar-refractivity contribution in [3.05, 3.63) is 85.1 Å². The molecule has 6 unspecified atom stereocenters. The average molecular weight is 1110 g/mol. The van der Waals surface area contributed by atoms with Crippen LogP contribution in [0.25, 0.3) is 0 Å². The maximum absolute atomic E-state index is 13.1. The Labute approximate surface area is 480 Å². The first-order valence-electron chi connectivity index (χ1n) is 31.6. The first kappa shape index (κ1) is 72.9. The molecule has 1 aliphatic heterocycles. The molecule has 0 aliphatic carbocycles. The van der Waals surface area contributed by atoms with Crippen LogP contribution in [0, 0.1) is 0 Å². The molecule has 12 heteroatoms. The van der Waals surface area contributed by atoms with Crippen LogP contribution in [0.1, 0.15) is 265 Å². The van der Waals surface area contributed by atoms with Crippen LogP contribution in [0.2, 0.25) is 0 Å². The number of carbonyl (C=O) groups is 4. The van der Waals surface area contributed by atoms with Gasteiger partial charge in [0.05, 0.1) is 6.61 Å². The minimum atomic E-state index is -1.92. The normalized spacial score (nSPS) is 18.4. The third-order valence-electron chi connectivity index (χ3n) is 14.0. The lowest BCUT2D eigenvalue weighted by molar-refractivity contribution is -0.301. The smallest absolute Gasteiger partial charge is 0.335 e. The van der Waals surface area contributed by atoms with Crippen LogP contribution in [0.4, 0.5) is 0 Å². The number of aliphatic hydroxyl groups excluding tert-OH is 2. The van der Waals surface area contributed by atoms with Gasteiger partial charge < -0.3 is 39.0 Å². The topological polar surface area (TPSA) is 175 Å². The standard InChI is InChI=1S/C67H112O12/c1-4-7-10-13-16-19-22-25-27-29-30-32-34-37-40-43-46-49-52-55-61(70)78-65-63(72)62(71)64(66(73)74)79-67(65)76-57-58(77-60(69)54-51-48-45-42-39-35-24-21-18-15-12-9-6-3)56-75-59(68)53-50-47-44-41-38-36-33-31-28-26-23-20-17-14-11-8-5-2/h7,9-10,12,16,18-19,21,25,27,30,32,35,39,58,62-65,67,71-72H,4-6,8,11,13-15,17,20,22-24,26,28-29,31,33-34,36-38,40-57H2,1-3H3,(H,73,74)/b10-7-,12-9-,19-16-,21-18-,27-25-,32-30-,39-35-. The predicted molar refractivity (Wildman–Crippen MR) is 321 cm³/mol. The van der Waals surface area contributed by atoms with E-state index < -0.39 is 67.3 Å². The molecule has 0 saturated carbocycles. The molecule has 12 nitrogen and oxygen atoms in total. The van der Waals surface area contributed by atoms with Gasteiger partial charge in [0.1, 0.15) is 18.8 Å². The van der Waals surface area contributed by atoms with Gasteiger partial charge in [-0.15, -0.1) is 0 Å². The van der Waals surface area contributed by atoms with E-state index in [1.54, 1.807) is 0 Å². The van der Waals surface area contributed by atoms with Gasteiger partial charge in [0.25, 0.3) is 0 Å². The summed E-state index contributed by atoms with van der Waals surface area (Å²) in [5, 5.41) is 31.6. The van der Waals surface area contributed by atoms with Gasteiger partial charge in [-0.05, 0) is 89.9 Å². The fourth-order valence-electron chi connectivity index (χ4n) is 9.20. The van der Waals surface area contributed by atoms with Crippen LogP contribution in [-0.4, -0.2) is 89.2 Å². The number of hydrogen-bond donors (Lipinski definition) is 3. The van der Waals surface area contributed by atoms with E-state index in [1.165, 1.54) is 83.5 Å². The molecule has 1 rings (SSSR count). The van der Waals surface area contributed by atoms with Gasteiger partial charge in [-0.3, -0.25) is 14.4 Å².